The number of hydrogen-bond donors (Lipinski definition) is 2. The summed E-state index contributed by atoms with van der Waals surface area (Å²) in [6.45, 7) is 6.19. The Labute approximate surface area is 57.1 Å². The Hall–Kier alpha value is -0.0800. The van der Waals surface area contributed by atoms with Gasteiger partial charge >= 0.3 is 0 Å². The smallest absolute Gasteiger partial charge is 0.0766 e. The van der Waals surface area contributed by atoms with E-state index in [0.717, 1.165) is 6.42 Å². The molecule has 0 aromatic rings. The lowest BCUT2D eigenvalue weighted by molar-refractivity contribution is 0.0135. The van der Waals surface area contributed by atoms with Crippen LogP contribution in [-0.4, -0.2) is 17.3 Å². The van der Waals surface area contributed by atoms with E-state index in [1.54, 1.807) is 6.92 Å². The van der Waals surface area contributed by atoms with E-state index < -0.39 is 5.60 Å². The maximum absolute atomic E-state index is 9.47. The van der Waals surface area contributed by atoms with Gasteiger partial charge < -0.3 is 10.8 Å². The third kappa shape index (κ3) is 2.33. The van der Waals surface area contributed by atoms with E-state index in [-0.39, 0.29) is 0 Å². The molecule has 0 saturated carbocycles. The highest BCUT2D eigenvalue weighted by atomic mass is 16.3. The van der Waals surface area contributed by atoms with E-state index in [1.807, 2.05) is 6.92 Å². The monoisotopic (exact) mass is 131 g/mol. The fourth-order valence-electron chi connectivity index (χ4n) is 0.641. The molecule has 0 saturated heterocycles. The van der Waals surface area contributed by atoms with E-state index in [0.29, 0.717) is 12.5 Å². The van der Waals surface area contributed by atoms with Crippen LogP contribution in [0.5, 0.6) is 0 Å². The van der Waals surface area contributed by atoms with E-state index in [2.05, 4.69) is 6.92 Å². The molecule has 2 heteroatoms. The molecule has 0 fully saturated rings. The summed E-state index contributed by atoms with van der Waals surface area (Å²) in [5.41, 5.74) is 4.66. The molecule has 0 aliphatic heterocycles. The van der Waals surface area contributed by atoms with Crippen LogP contribution in [0.1, 0.15) is 27.2 Å². The number of rotatable bonds is 3. The van der Waals surface area contributed by atoms with Gasteiger partial charge in [-0.15, -0.1) is 0 Å². The van der Waals surface area contributed by atoms with Gasteiger partial charge in [-0.05, 0) is 12.8 Å². The van der Waals surface area contributed by atoms with Crippen molar-refractivity contribution in [3.63, 3.8) is 0 Å². The van der Waals surface area contributed by atoms with E-state index in [9.17, 15) is 5.11 Å². The van der Waals surface area contributed by atoms with Crippen LogP contribution >= 0.6 is 0 Å². The Morgan fingerprint density at radius 3 is 2.22 bits per heavy atom. The van der Waals surface area contributed by atoms with Crippen molar-refractivity contribution >= 4 is 0 Å². The molecule has 0 aliphatic carbocycles. The minimum Gasteiger partial charge on any atom is -0.389 e. The molecule has 0 rings (SSSR count). The Balaban J connectivity index is 3.80. The van der Waals surface area contributed by atoms with Gasteiger partial charge in [0, 0.05) is 6.54 Å². The first kappa shape index (κ1) is 8.92. The fourth-order valence-corrected chi connectivity index (χ4v) is 0.641. The summed E-state index contributed by atoms with van der Waals surface area (Å²) < 4.78 is 0. The van der Waals surface area contributed by atoms with E-state index >= 15 is 0 Å². The molecule has 0 aromatic heterocycles. The second-order valence-electron chi connectivity index (χ2n) is 2.87. The molecule has 0 aliphatic rings. The summed E-state index contributed by atoms with van der Waals surface area (Å²) in [5.74, 6) is 0.294. The first-order valence-corrected chi connectivity index (χ1v) is 3.47. The predicted molar refractivity (Wildman–Crippen MR) is 39.1 cm³/mol. The van der Waals surface area contributed by atoms with Crippen LogP contribution in [0.2, 0.25) is 0 Å². The van der Waals surface area contributed by atoms with Crippen LogP contribution in [-0.2, 0) is 0 Å². The lowest BCUT2D eigenvalue weighted by atomic mass is 9.89. The van der Waals surface area contributed by atoms with Gasteiger partial charge in [0.1, 0.15) is 0 Å². The summed E-state index contributed by atoms with van der Waals surface area (Å²) in [7, 11) is 0. The molecule has 0 aromatic carbocycles. The highest BCUT2D eigenvalue weighted by molar-refractivity contribution is 4.78. The molecule has 0 unspecified atom stereocenters. The Morgan fingerprint density at radius 2 is 2.11 bits per heavy atom. The van der Waals surface area contributed by atoms with Crippen LogP contribution in [0.4, 0.5) is 0 Å². The molecule has 2 nitrogen and oxygen atoms in total. The molecule has 0 radical (unpaired) electrons. The van der Waals surface area contributed by atoms with E-state index in [1.165, 1.54) is 0 Å². The maximum Gasteiger partial charge on any atom is 0.0766 e. The van der Waals surface area contributed by atoms with Crippen LogP contribution in [0.3, 0.4) is 0 Å². The largest absolute Gasteiger partial charge is 0.389 e. The SMILES string of the molecule is CC[C@H](C)[C@@](C)(O)CN. The maximum atomic E-state index is 9.47. The summed E-state index contributed by atoms with van der Waals surface area (Å²) in [6.07, 6.45) is 0.976. The quantitative estimate of drug-likeness (QED) is 0.593. The molecule has 3 N–H and O–H groups in total. The highest BCUT2D eigenvalue weighted by Crippen LogP contribution is 2.17. The number of aliphatic hydroxyl groups is 1. The van der Waals surface area contributed by atoms with Crippen molar-refractivity contribution in [2.45, 2.75) is 32.8 Å². The lowest BCUT2D eigenvalue weighted by Gasteiger charge is -2.27. The summed E-state index contributed by atoms with van der Waals surface area (Å²) >= 11 is 0. The van der Waals surface area contributed by atoms with Gasteiger partial charge in [-0.2, -0.15) is 0 Å². The molecule has 0 bridgehead atoms. The van der Waals surface area contributed by atoms with Gasteiger partial charge in [0.05, 0.1) is 5.60 Å². The Morgan fingerprint density at radius 1 is 1.67 bits per heavy atom. The van der Waals surface area contributed by atoms with Crippen molar-refractivity contribution in [3.8, 4) is 0 Å². The van der Waals surface area contributed by atoms with Crippen molar-refractivity contribution < 1.29 is 5.11 Å². The third-order valence-corrected chi connectivity index (χ3v) is 2.09. The van der Waals surface area contributed by atoms with Crippen LogP contribution in [0.25, 0.3) is 0 Å². The van der Waals surface area contributed by atoms with Gasteiger partial charge in [0.15, 0.2) is 0 Å². The Bertz CT molecular complexity index is 81.0. The minimum absolute atomic E-state index is 0.294. The van der Waals surface area contributed by atoms with Crippen LogP contribution in [0, 0.1) is 5.92 Å². The van der Waals surface area contributed by atoms with Gasteiger partial charge in [-0.3, -0.25) is 0 Å². The van der Waals surface area contributed by atoms with Gasteiger partial charge in [0.25, 0.3) is 0 Å². The molecular formula is C7H17NO. The van der Waals surface area contributed by atoms with Crippen LogP contribution < -0.4 is 5.73 Å². The number of nitrogens with two attached hydrogens (primary N) is 1. The molecule has 0 spiro atoms. The zero-order chi connectivity index (χ0) is 7.49. The standard InChI is InChI=1S/C7H17NO/c1-4-6(2)7(3,9)5-8/h6,9H,4-5,8H2,1-3H3/t6-,7-/m0/s1. The molecule has 2 atom stereocenters. The highest BCUT2D eigenvalue weighted by Gasteiger charge is 2.24. The normalized spacial score (nSPS) is 21.0. The minimum atomic E-state index is -0.672. The second-order valence-corrected chi connectivity index (χ2v) is 2.87. The zero-order valence-electron chi connectivity index (χ0n) is 6.52. The second kappa shape index (κ2) is 3.18. The van der Waals surface area contributed by atoms with E-state index in [4.69, 9.17) is 5.73 Å². The van der Waals surface area contributed by atoms with Crippen molar-refractivity contribution in [1.29, 1.82) is 0 Å². The van der Waals surface area contributed by atoms with Gasteiger partial charge in [-0.25, -0.2) is 0 Å². The average molecular weight is 131 g/mol. The zero-order valence-corrected chi connectivity index (χ0v) is 6.52. The predicted octanol–water partition coefficient (Wildman–Crippen LogP) is 0.742. The third-order valence-electron chi connectivity index (χ3n) is 2.09. The van der Waals surface area contributed by atoms with Gasteiger partial charge in [-0.1, -0.05) is 20.3 Å². The van der Waals surface area contributed by atoms with Crippen molar-refractivity contribution in [1.82, 2.24) is 0 Å². The molecule has 56 valence electrons. The first-order valence-electron chi connectivity index (χ1n) is 3.47. The molecule has 0 heterocycles. The number of hydrogen-bond acceptors (Lipinski definition) is 2. The van der Waals surface area contributed by atoms with Crippen molar-refractivity contribution in [2.75, 3.05) is 6.54 Å². The lowest BCUT2D eigenvalue weighted by Crippen LogP contribution is -2.40. The van der Waals surface area contributed by atoms with Crippen molar-refractivity contribution in [3.05, 3.63) is 0 Å². The fraction of sp³-hybridized carbons (Fsp3) is 1.00. The summed E-state index contributed by atoms with van der Waals surface area (Å²) in [5, 5.41) is 9.47. The topological polar surface area (TPSA) is 46.2 Å². The molecule has 0 amide bonds. The molecular weight excluding hydrogens is 114 g/mol. The summed E-state index contributed by atoms with van der Waals surface area (Å²) in [4.78, 5) is 0. The summed E-state index contributed by atoms with van der Waals surface area (Å²) in [6, 6.07) is 0. The van der Waals surface area contributed by atoms with Crippen LogP contribution in [0.15, 0.2) is 0 Å². The van der Waals surface area contributed by atoms with Gasteiger partial charge in [0.2, 0.25) is 0 Å². The molecule has 9 heavy (non-hydrogen) atoms. The Kier molecular flexibility index (Phi) is 3.15. The average Bonchev–Trinajstić information content (AvgIpc) is 1.86. The van der Waals surface area contributed by atoms with Crippen molar-refractivity contribution in [2.24, 2.45) is 11.7 Å². The first-order chi connectivity index (χ1) is 4.04.